The van der Waals surface area contributed by atoms with Crippen LogP contribution in [0.5, 0.6) is 5.75 Å². The van der Waals surface area contributed by atoms with Crippen LogP contribution in [0.25, 0.3) is 0 Å². The number of fused-ring (bicyclic) bond motifs is 4. The SMILES string of the molecule is CN1C/C=C\[C@H](OCCN2CC[C@@H](F)C2)[C@@H]2CC[C@H]2CN2C[C@@]3(CCCc4cc(Cl)ccc43)COc3ccc(cc32)S(=O)(=O)NC(=O)C1(C)C. The standard InChI is InChI=1S/C38H50ClFN4O5S/c1-37(2)36(45)41-50(46,47)30-10-13-35-33(21-30)44(24-38(25-49-35)15-4-6-26-20-28(39)9-12-32(26)38)22-27-8-11-31(27)34(7-5-16-42(37)3)48-19-18-43-17-14-29(40)23-43/h5,7,9-10,12-13,20-21,27,29,31,34H,4,6,8,11,14-19,22-25H2,1-3H3,(H,41,45)/b7-5-/t27-,29+,31+,34-,38-/m0/s1. The molecule has 1 saturated carbocycles. The number of likely N-dealkylation sites (N-methyl/N-ethyl adjacent to an activating group) is 1. The molecule has 3 heterocycles. The van der Waals surface area contributed by atoms with Gasteiger partial charge < -0.3 is 14.4 Å². The highest BCUT2D eigenvalue weighted by Crippen LogP contribution is 2.47. The van der Waals surface area contributed by atoms with Crippen LogP contribution in [-0.2, 0) is 31.4 Å². The smallest absolute Gasteiger partial charge is 0.264 e. The van der Waals surface area contributed by atoms with E-state index in [1.54, 1.807) is 26.0 Å². The van der Waals surface area contributed by atoms with Crippen molar-refractivity contribution in [3.8, 4) is 5.75 Å². The molecule has 2 aromatic carbocycles. The third-order valence-corrected chi connectivity index (χ3v) is 13.6. The number of aryl methyl sites for hydroxylation is 1. The van der Waals surface area contributed by atoms with Crippen molar-refractivity contribution < 1.29 is 27.1 Å². The topological polar surface area (TPSA) is 91.4 Å². The average Bonchev–Trinajstić information content (AvgIpc) is 3.41. The van der Waals surface area contributed by atoms with E-state index in [1.165, 1.54) is 17.2 Å². The maximum absolute atomic E-state index is 13.9. The maximum atomic E-state index is 13.9. The predicted octanol–water partition coefficient (Wildman–Crippen LogP) is 5.35. The van der Waals surface area contributed by atoms with Crippen LogP contribution in [0.1, 0.15) is 57.1 Å². The first-order valence-corrected chi connectivity index (χ1v) is 19.9. The van der Waals surface area contributed by atoms with Gasteiger partial charge in [-0.3, -0.25) is 14.6 Å². The Morgan fingerprint density at radius 1 is 1.12 bits per heavy atom. The van der Waals surface area contributed by atoms with Crippen LogP contribution >= 0.6 is 11.6 Å². The van der Waals surface area contributed by atoms with E-state index in [-0.39, 0.29) is 22.3 Å². The number of carbonyl (C=O) groups is 1. The predicted molar refractivity (Wildman–Crippen MR) is 193 cm³/mol. The van der Waals surface area contributed by atoms with Crippen molar-refractivity contribution in [2.24, 2.45) is 11.8 Å². The minimum Gasteiger partial charge on any atom is -0.490 e. The van der Waals surface area contributed by atoms with Crippen LogP contribution in [0.3, 0.4) is 0 Å². The lowest BCUT2D eigenvalue weighted by Gasteiger charge is -2.46. The molecule has 2 aromatic rings. The van der Waals surface area contributed by atoms with E-state index >= 15 is 0 Å². The molecule has 3 aliphatic heterocycles. The van der Waals surface area contributed by atoms with Crippen LogP contribution in [0.4, 0.5) is 10.1 Å². The number of carbonyl (C=O) groups excluding carboxylic acids is 1. The Labute approximate surface area is 301 Å². The lowest BCUT2D eigenvalue weighted by atomic mass is 9.68. The van der Waals surface area contributed by atoms with Gasteiger partial charge >= 0.3 is 0 Å². The first kappa shape index (κ1) is 35.7. The second-order valence-corrected chi connectivity index (χ2v) is 17.7. The molecule has 272 valence electrons. The fourth-order valence-corrected chi connectivity index (χ4v) is 9.81. The molecular formula is C38H50ClFN4O5S. The van der Waals surface area contributed by atoms with Gasteiger partial charge in [0.15, 0.2) is 0 Å². The first-order valence-electron chi connectivity index (χ1n) is 18.1. The molecule has 2 aliphatic carbocycles. The van der Waals surface area contributed by atoms with Gasteiger partial charge in [0.1, 0.15) is 11.9 Å². The summed E-state index contributed by atoms with van der Waals surface area (Å²) < 4.78 is 57.0. The van der Waals surface area contributed by atoms with Crippen molar-refractivity contribution in [2.45, 2.75) is 80.5 Å². The second-order valence-electron chi connectivity index (χ2n) is 15.6. The number of halogens is 2. The van der Waals surface area contributed by atoms with E-state index in [9.17, 15) is 17.6 Å². The summed E-state index contributed by atoms with van der Waals surface area (Å²) >= 11 is 6.45. The molecule has 5 aliphatic rings. The molecule has 2 bridgehead atoms. The lowest BCUT2D eigenvalue weighted by Crippen LogP contribution is -2.54. The van der Waals surface area contributed by atoms with Gasteiger partial charge in [-0.05, 0) is 113 Å². The van der Waals surface area contributed by atoms with Gasteiger partial charge in [0.25, 0.3) is 15.9 Å². The molecule has 2 fully saturated rings. The third-order valence-electron chi connectivity index (χ3n) is 12.0. The number of alkyl halides is 1. The average molecular weight is 729 g/mol. The quantitative estimate of drug-likeness (QED) is 0.422. The van der Waals surface area contributed by atoms with Crippen molar-refractivity contribution in [1.82, 2.24) is 14.5 Å². The summed E-state index contributed by atoms with van der Waals surface area (Å²) in [5, 5.41) is 0.723. The van der Waals surface area contributed by atoms with E-state index in [2.05, 4.69) is 32.7 Å². The summed E-state index contributed by atoms with van der Waals surface area (Å²) in [5.41, 5.74) is 1.77. The highest BCUT2D eigenvalue weighted by Gasteiger charge is 2.45. The molecule has 12 heteroatoms. The van der Waals surface area contributed by atoms with Crippen molar-refractivity contribution >= 4 is 33.2 Å². The fourth-order valence-electron chi connectivity index (χ4n) is 8.49. The van der Waals surface area contributed by atoms with Gasteiger partial charge in [-0.2, -0.15) is 0 Å². The zero-order valence-electron chi connectivity index (χ0n) is 29.4. The summed E-state index contributed by atoms with van der Waals surface area (Å²) in [6.45, 7) is 8.13. The van der Waals surface area contributed by atoms with Crippen LogP contribution in [0.15, 0.2) is 53.4 Å². The number of nitrogens with zero attached hydrogens (tertiary/aromatic N) is 3. The Bertz CT molecular complexity index is 1740. The summed E-state index contributed by atoms with van der Waals surface area (Å²) in [5.74, 6) is 0.574. The molecular weight excluding hydrogens is 679 g/mol. The fraction of sp³-hybridized carbons (Fsp3) is 0.605. The number of sulfonamides is 1. The monoisotopic (exact) mass is 728 g/mol. The van der Waals surface area contributed by atoms with E-state index in [4.69, 9.17) is 21.1 Å². The Balaban J connectivity index is 1.25. The van der Waals surface area contributed by atoms with Crippen LogP contribution in [0.2, 0.25) is 5.02 Å². The molecule has 0 radical (unpaired) electrons. The highest BCUT2D eigenvalue weighted by molar-refractivity contribution is 7.90. The molecule has 50 heavy (non-hydrogen) atoms. The Morgan fingerprint density at radius 2 is 1.96 bits per heavy atom. The number of nitrogens with one attached hydrogen (secondary N) is 1. The Morgan fingerprint density at radius 3 is 2.72 bits per heavy atom. The summed E-state index contributed by atoms with van der Waals surface area (Å²) in [6, 6.07) is 11.1. The maximum Gasteiger partial charge on any atom is 0.264 e. The van der Waals surface area contributed by atoms with Gasteiger partial charge in [0, 0.05) is 49.7 Å². The Kier molecular flexibility index (Phi) is 10.0. The lowest BCUT2D eigenvalue weighted by molar-refractivity contribution is -0.128. The van der Waals surface area contributed by atoms with Gasteiger partial charge in [0.05, 0.1) is 35.4 Å². The number of amides is 1. The van der Waals surface area contributed by atoms with Crippen LogP contribution < -0.4 is 14.4 Å². The zero-order valence-corrected chi connectivity index (χ0v) is 30.9. The summed E-state index contributed by atoms with van der Waals surface area (Å²) in [4.78, 5) is 19.9. The number of ether oxygens (including phenoxy) is 2. The second kappa shape index (κ2) is 14.0. The first-order chi connectivity index (χ1) is 23.8. The molecule has 0 aromatic heterocycles. The number of rotatable bonds is 4. The van der Waals surface area contributed by atoms with E-state index in [1.807, 2.05) is 24.1 Å². The van der Waals surface area contributed by atoms with Gasteiger partial charge in [-0.15, -0.1) is 0 Å². The van der Waals surface area contributed by atoms with Gasteiger partial charge in [-0.1, -0.05) is 29.8 Å². The molecule has 1 N–H and O–H groups in total. The molecule has 1 spiro atoms. The van der Waals surface area contributed by atoms with E-state index in [0.717, 1.165) is 49.4 Å². The summed E-state index contributed by atoms with van der Waals surface area (Å²) in [6.07, 6.45) is 8.75. The third kappa shape index (κ3) is 7.05. The Hall–Kier alpha value is -2.70. The number of anilines is 1. The highest BCUT2D eigenvalue weighted by atomic mass is 35.5. The summed E-state index contributed by atoms with van der Waals surface area (Å²) in [7, 11) is -2.37. The molecule has 7 rings (SSSR count). The molecule has 0 unspecified atom stereocenters. The van der Waals surface area contributed by atoms with Gasteiger partial charge in [-0.25, -0.2) is 17.5 Å². The number of likely N-dealkylation sites (tertiary alicyclic amines) is 1. The number of benzene rings is 2. The minimum absolute atomic E-state index is 0.0271. The van der Waals surface area contributed by atoms with Crippen LogP contribution in [-0.4, -0.2) is 101 Å². The molecule has 1 amide bonds. The number of hydrogen-bond donors (Lipinski definition) is 1. The molecule has 5 atom stereocenters. The minimum atomic E-state index is -4.18. The van der Waals surface area contributed by atoms with Crippen molar-refractivity contribution in [1.29, 1.82) is 0 Å². The van der Waals surface area contributed by atoms with Crippen molar-refractivity contribution in [2.75, 3.05) is 64.4 Å². The van der Waals surface area contributed by atoms with Crippen LogP contribution in [0, 0.1) is 11.8 Å². The molecule has 9 nitrogen and oxygen atoms in total. The van der Waals surface area contributed by atoms with E-state index < -0.39 is 27.6 Å². The largest absolute Gasteiger partial charge is 0.490 e. The van der Waals surface area contributed by atoms with Crippen molar-refractivity contribution in [3.05, 3.63) is 64.7 Å². The normalized spacial score (nSPS) is 31.9. The van der Waals surface area contributed by atoms with E-state index in [0.29, 0.717) is 64.0 Å². The van der Waals surface area contributed by atoms with Gasteiger partial charge in [0.2, 0.25) is 0 Å². The number of hydrogen-bond acceptors (Lipinski definition) is 8. The molecule has 1 saturated heterocycles. The zero-order chi connectivity index (χ0) is 35.3. The van der Waals surface area contributed by atoms with Crippen molar-refractivity contribution in [3.63, 3.8) is 0 Å².